The number of hydrogen-bond donors (Lipinski definition) is 1. The molecule has 148 valence electrons. The van der Waals surface area contributed by atoms with Gasteiger partial charge in [0, 0.05) is 58.1 Å². The zero-order valence-corrected chi connectivity index (χ0v) is 16.6. The second-order valence-electron chi connectivity index (χ2n) is 7.93. The first-order valence-electron chi connectivity index (χ1n) is 10.1. The van der Waals surface area contributed by atoms with E-state index >= 15 is 0 Å². The summed E-state index contributed by atoms with van der Waals surface area (Å²) in [4.78, 5) is 30.0. The summed E-state index contributed by atoms with van der Waals surface area (Å²) in [6.45, 7) is 3.31. The van der Waals surface area contributed by atoms with Crippen LogP contribution in [-0.4, -0.2) is 62.0 Å². The molecular weight excluding hydrogens is 340 g/mol. The van der Waals surface area contributed by atoms with Crippen molar-refractivity contribution in [1.29, 1.82) is 0 Å². The van der Waals surface area contributed by atoms with E-state index in [9.17, 15) is 9.59 Å². The van der Waals surface area contributed by atoms with Crippen molar-refractivity contribution in [3.8, 4) is 0 Å². The molecule has 0 bridgehead atoms. The minimum absolute atomic E-state index is 0.132. The number of piperazine rings is 1. The molecule has 1 aliphatic heterocycles. The molecule has 27 heavy (non-hydrogen) atoms. The van der Waals surface area contributed by atoms with Crippen LogP contribution in [0, 0.1) is 5.92 Å². The zero-order valence-electron chi connectivity index (χ0n) is 16.6. The maximum Gasteiger partial charge on any atom is 0.321 e. The van der Waals surface area contributed by atoms with Gasteiger partial charge in [-0.3, -0.25) is 4.79 Å². The van der Waals surface area contributed by atoms with E-state index in [0.29, 0.717) is 12.3 Å². The highest BCUT2D eigenvalue weighted by atomic mass is 16.2. The normalized spacial score (nSPS) is 17.9. The molecule has 0 aromatic heterocycles. The molecule has 1 saturated carbocycles. The van der Waals surface area contributed by atoms with Gasteiger partial charge in [0.15, 0.2) is 0 Å². The average molecular weight is 373 g/mol. The van der Waals surface area contributed by atoms with Crippen molar-refractivity contribution < 1.29 is 9.59 Å². The van der Waals surface area contributed by atoms with Gasteiger partial charge in [-0.25, -0.2) is 4.79 Å². The molecule has 2 fully saturated rings. The highest BCUT2D eigenvalue weighted by molar-refractivity contribution is 5.89. The first-order valence-corrected chi connectivity index (χ1v) is 10.1. The third-order valence-electron chi connectivity index (χ3n) is 5.76. The number of rotatable bonds is 5. The van der Waals surface area contributed by atoms with Crippen molar-refractivity contribution in [3.05, 3.63) is 24.3 Å². The highest BCUT2D eigenvalue weighted by Gasteiger charge is 2.23. The summed E-state index contributed by atoms with van der Waals surface area (Å²) in [5.74, 6) is 1.10. The Morgan fingerprint density at radius 1 is 1.04 bits per heavy atom. The van der Waals surface area contributed by atoms with Crippen LogP contribution in [-0.2, 0) is 4.79 Å². The standard InChI is InChI=1S/C21H32N4O2/c1-23(2)21(27)22-18-8-10-19(11-9-18)24-13-15-25(16-14-24)20(26)12-7-17-5-3-4-6-17/h8-11,17H,3-7,12-16H2,1-2H3,(H,22,27). The van der Waals surface area contributed by atoms with Crippen molar-refractivity contribution in [2.75, 3.05) is 50.5 Å². The predicted octanol–water partition coefficient (Wildman–Crippen LogP) is 3.40. The molecule has 3 amide bonds. The van der Waals surface area contributed by atoms with Gasteiger partial charge in [-0.1, -0.05) is 25.7 Å². The Kier molecular flexibility index (Phi) is 6.58. The topological polar surface area (TPSA) is 55.9 Å². The quantitative estimate of drug-likeness (QED) is 0.862. The molecule has 6 heteroatoms. The zero-order chi connectivity index (χ0) is 19.2. The third-order valence-corrected chi connectivity index (χ3v) is 5.76. The molecule has 2 aliphatic rings. The highest BCUT2D eigenvalue weighted by Crippen LogP contribution is 2.29. The molecule has 1 N–H and O–H groups in total. The number of benzene rings is 1. The maximum absolute atomic E-state index is 12.5. The lowest BCUT2D eigenvalue weighted by Gasteiger charge is -2.36. The summed E-state index contributed by atoms with van der Waals surface area (Å²) in [6, 6.07) is 7.78. The third kappa shape index (κ3) is 5.37. The monoisotopic (exact) mass is 372 g/mol. The van der Waals surface area contributed by atoms with E-state index in [1.54, 1.807) is 14.1 Å². The van der Waals surface area contributed by atoms with Gasteiger partial charge in [-0.15, -0.1) is 0 Å². The van der Waals surface area contributed by atoms with Gasteiger partial charge in [0.05, 0.1) is 0 Å². The molecule has 1 saturated heterocycles. The number of nitrogens with one attached hydrogen (secondary N) is 1. The number of nitrogens with zero attached hydrogens (tertiary/aromatic N) is 3. The van der Waals surface area contributed by atoms with E-state index in [1.807, 2.05) is 29.2 Å². The molecule has 1 aromatic carbocycles. The first kappa shape index (κ1) is 19.5. The van der Waals surface area contributed by atoms with Gasteiger partial charge in [-0.05, 0) is 36.6 Å². The lowest BCUT2D eigenvalue weighted by Crippen LogP contribution is -2.48. The van der Waals surface area contributed by atoms with Gasteiger partial charge >= 0.3 is 6.03 Å². The minimum atomic E-state index is -0.132. The smallest absolute Gasteiger partial charge is 0.321 e. The molecule has 1 aromatic rings. The van der Waals surface area contributed by atoms with E-state index < -0.39 is 0 Å². The van der Waals surface area contributed by atoms with Crippen LogP contribution >= 0.6 is 0 Å². The molecule has 0 spiro atoms. The number of carbonyl (C=O) groups excluding carboxylic acids is 2. The summed E-state index contributed by atoms with van der Waals surface area (Å²) in [6.07, 6.45) is 7.09. The number of urea groups is 1. The van der Waals surface area contributed by atoms with Crippen LogP contribution in [0.2, 0.25) is 0 Å². The minimum Gasteiger partial charge on any atom is -0.368 e. The second-order valence-corrected chi connectivity index (χ2v) is 7.93. The second kappa shape index (κ2) is 9.11. The molecular formula is C21H32N4O2. The first-order chi connectivity index (χ1) is 13.0. The van der Waals surface area contributed by atoms with Crippen LogP contribution in [0.1, 0.15) is 38.5 Å². The van der Waals surface area contributed by atoms with Gasteiger partial charge < -0.3 is 20.0 Å². The van der Waals surface area contributed by atoms with Crippen molar-refractivity contribution in [1.82, 2.24) is 9.80 Å². The van der Waals surface area contributed by atoms with Crippen LogP contribution in [0.25, 0.3) is 0 Å². The van der Waals surface area contributed by atoms with E-state index in [-0.39, 0.29) is 6.03 Å². The Balaban J connectivity index is 1.44. The van der Waals surface area contributed by atoms with Crippen molar-refractivity contribution in [2.45, 2.75) is 38.5 Å². The molecule has 0 atom stereocenters. The predicted molar refractivity (Wildman–Crippen MR) is 109 cm³/mol. The summed E-state index contributed by atoms with van der Waals surface area (Å²) in [5, 5.41) is 2.85. The van der Waals surface area contributed by atoms with Gasteiger partial charge in [0.25, 0.3) is 0 Å². The summed E-state index contributed by atoms with van der Waals surface area (Å²) >= 11 is 0. The maximum atomic E-state index is 12.5. The van der Waals surface area contributed by atoms with Gasteiger partial charge in [0.2, 0.25) is 5.91 Å². The van der Waals surface area contributed by atoms with Crippen LogP contribution in [0.4, 0.5) is 16.2 Å². The molecule has 1 aliphatic carbocycles. The van der Waals surface area contributed by atoms with Gasteiger partial charge in [0.1, 0.15) is 0 Å². The van der Waals surface area contributed by atoms with Crippen LogP contribution in [0.3, 0.4) is 0 Å². The molecule has 3 rings (SSSR count). The van der Waals surface area contributed by atoms with E-state index in [4.69, 9.17) is 0 Å². The number of anilines is 2. The average Bonchev–Trinajstić information content (AvgIpc) is 3.20. The van der Waals surface area contributed by atoms with Crippen molar-refractivity contribution in [3.63, 3.8) is 0 Å². The number of amides is 3. The summed E-state index contributed by atoms with van der Waals surface area (Å²) in [7, 11) is 3.44. The number of hydrogen-bond acceptors (Lipinski definition) is 3. The molecule has 0 unspecified atom stereocenters. The molecule has 1 heterocycles. The summed E-state index contributed by atoms with van der Waals surface area (Å²) < 4.78 is 0. The Morgan fingerprint density at radius 2 is 1.67 bits per heavy atom. The molecule has 6 nitrogen and oxygen atoms in total. The SMILES string of the molecule is CN(C)C(=O)Nc1ccc(N2CCN(C(=O)CCC3CCCC3)CC2)cc1. The Morgan fingerprint density at radius 3 is 2.26 bits per heavy atom. The largest absolute Gasteiger partial charge is 0.368 e. The Hall–Kier alpha value is -2.24. The summed E-state index contributed by atoms with van der Waals surface area (Å²) in [5.41, 5.74) is 1.93. The lowest BCUT2D eigenvalue weighted by atomic mass is 10.0. The van der Waals surface area contributed by atoms with Crippen molar-refractivity contribution >= 4 is 23.3 Å². The fourth-order valence-electron chi connectivity index (χ4n) is 3.99. The Bertz CT molecular complexity index is 630. The van der Waals surface area contributed by atoms with E-state index in [0.717, 1.165) is 49.9 Å². The van der Waals surface area contributed by atoms with Crippen LogP contribution in [0.5, 0.6) is 0 Å². The number of carbonyl (C=O) groups is 2. The lowest BCUT2D eigenvalue weighted by molar-refractivity contribution is -0.131. The van der Waals surface area contributed by atoms with Gasteiger partial charge in [-0.2, -0.15) is 0 Å². The Labute approximate surface area is 162 Å². The van der Waals surface area contributed by atoms with Crippen molar-refractivity contribution in [2.24, 2.45) is 5.92 Å². The van der Waals surface area contributed by atoms with Crippen LogP contribution in [0.15, 0.2) is 24.3 Å². The van der Waals surface area contributed by atoms with Crippen LogP contribution < -0.4 is 10.2 Å². The van der Waals surface area contributed by atoms with E-state index in [2.05, 4.69) is 10.2 Å². The molecule has 0 radical (unpaired) electrons. The van der Waals surface area contributed by atoms with E-state index in [1.165, 1.54) is 30.6 Å². The fourth-order valence-corrected chi connectivity index (χ4v) is 3.99. The fraction of sp³-hybridized carbons (Fsp3) is 0.619.